The number of nitrogens with one attached hydrogen (secondary N) is 1. The summed E-state index contributed by atoms with van der Waals surface area (Å²) >= 11 is 5.73. The number of benzene rings is 3. The molecule has 0 bridgehead atoms. The zero-order chi connectivity index (χ0) is 30.9. The zero-order valence-electron chi connectivity index (χ0n) is 23.4. The topological polar surface area (TPSA) is 130 Å². The highest BCUT2D eigenvalue weighted by atomic mass is 32.2. The Labute approximate surface area is 252 Å². The third-order valence-corrected chi connectivity index (χ3v) is 8.54. The Hall–Kier alpha value is -4.69. The molecule has 1 N–H and O–H groups in total. The van der Waals surface area contributed by atoms with Crippen LogP contribution in [-0.4, -0.2) is 36.3 Å². The first-order valence-electron chi connectivity index (χ1n) is 13.1. The highest BCUT2D eigenvalue weighted by molar-refractivity contribution is 7.90. The van der Waals surface area contributed by atoms with Gasteiger partial charge in [-0.1, -0.05) is 35.4 Å². The second-order valence-corrected chi connectivity index (χ2v) is 12.0. The molecule has 1 fully saturated rings. The van der Waals surface area contributed by atoms with Crippen LogP contribution in [0.15, 0.2) is 86.6 Å². The minimum absolute atomic E-state index is 0.0316. The van der Waals surface area contributed by atoms with Crippen molar-refractivity contribution in [3.05, 3.63) is 101 Å². The van der Waals surface area contributed by atoms with Crippen LogP contribution in [0.2, 0.25) is 0 Å². The van der Waals surface area contributed by atoms with Crippen molar-refractivity contribution in [2.24, 2.45) is 11.4 Å². The van der Waals surface area contributed by atoms with Crippen LogP contribution in [0.3, 0.4) is 0 Å². The van der Waals surface area contributed by atoms with Crippen molar-refractivity contribution >= 4 is 50.5 Å². The molecule has 222 valence electrons. The Morgan fingerprint density at radius 3 is 2.28 bits per heavy atom. The molecule has 3 aromatic carbocycles. The largest absolute Gasteiger partial charge is 0.486 e. The van der Waals surface area contributed by atoms with Gasteiger partial charge in [-0.25, -0.2) is 9.07 Å². The third kappa shape index (κ3) is 6.39. The number of rotatable bonds is 8. The lowest BCUT2D eigenvalue weighted by atomic mass is 10.1. The summed E-state index contributed by atoms with van der Waals surface area (Å²) in [4.78, 5) is 29.7. The molecule has 2 amide bonds. The highest BCUT2D eigenvalue weighted by Gasteiger charge is 2.45. The van der Waals surface area contributed by atoms with Crippen LogP contribution >= 0.6 is 12.2 Å². The molecule has 1 aliphatic heterocycles. The second kappa shape index (κ2) is 11.9. The van der Waals surface area contributed by atoms with E-state index in [0.29, 0.717) is 11.4 Å². The number of aryl methyl sites for hydroxylation is 3. The lowest BCUT2D eigenvalue weighted by Gasteiger charge is -2.22. The number of carbonyl (C=O) groups excluding carboxylic acids is 2. The molecule has 1 aliphatic rings. The van der Waals surface area contributed by atoms with Crippen molar-refractivity contribution < 1.29 is 31.6 Å². The van der Waals surface area contributed by atoms with E-state index in [1.807, 2.05) is 26.0 Å². The van der Waals surface area contributed by atoms with Gasteiger partial charge in [-0.15, -0.1) is 4.40 Å². The fourth-order valence-corrected chi connectivity index (χ4v) is 5.81. The number of halogens is 1. The normalized spacial score (nSPS) is 15.8. The number of carbonyl (C=O) groups is 2. The van der Waals surface area contributed by atoms with E-state index in [-0.39, 0.29) is 34.2 Å². The third-order valence-electron chi connectivity index (χ3n) is 6.85. The Balaban J connectivity index is 1.49. The summed E-state index contributed by atoms with van der Waals surface area (Å²) in [6, 6.07) is 17.5. The number of aromatic nitrogens is 2. The molecule has 0 saturated carbocycles. The van der Waals surface area contributed by atoms with Gasteiger partial charge in [0.15, 0.2) is 5.11 Å². The quantitative estimate of drug-likeness (QED) is 0.235. The molecule has 43 heavy (non-hydrogen) atoms. The van der Waals surface area contributed by atoms with Gasteiger partial charge in [0.1, 0.15) is 25.5 Å². The lowest BCUT2D eigenvalue weighted by Crippen LogP contribution is -2.45. The zero-order valence-corrected chi connectivity index (χ0v) is 25.0. The average molecular weight is 623 g/mol. The van der Waals surface area contributed by atoms with Gasteiger partial charge in [0.2, 0.25) is 5.91 Å². The molecule has 5 rings (SSSR count). The van der Waals surface area contributed by atoms with Gasteiger partial charge in [0.05, 0.1) is 17.0 Å². The predicted octanol–water partition coefficient (Wildman–Crippen LogP) is 2.64. The van der Waals surface area contributed by atoms with Crippen LogP contribution in [-0.2, 0) is 33.2 Å². The van der Waals surface area contributed by atoms with E-state index < -0.39 is 33.7 Å². The number of nitrogens with zero attached hydrogens (tertiary/aromatic N) is 5. The summed E-state index contributed by atoms with van der Waals surface area (Å²) in [5, 5.41) is 6.60. The van der Waals surface area contributed by atoms with E-state index >= 15 is 0 Å². The highest BCUT2D eigenvalue weighted by Crippen LogP contribution is 2.28. The molecule has 1 atom stereocenters. The van der Waals surface area contributed by atoms with Gasteiger partial charge in [-0.2, -0.15) is 8.42 Å². The van der Waals surface area contributed by atoms with Gasteiger partial charge in [-0.05, 0) is 74.6 Å². The lowest BCUT2D eigenvalue weighted by molar-refractivity contribution is -0.752. The maximum Gasteiger partial charge on any atom is 0.289 e. The number of amides is 2. The molecule has 1 unspecified atom stereocenters. The van der Waals surface area contributed by atoms with E-state index in [1.54, 1.807) is 24.3 Å². The molecule has 11 nitrogen and oxygen atoms in total. The van der Waals surface area contributed by atoms with Crippen LogP contribution in [0.4, 0.5) is 15.8 Å². The van der Waals surface area contributed by atoms with Gasteiger partial charge in [-0.3, -0.25) is 19.8 Å². The average Bonchev–Trinajstić information content (AvgIpc) is 3.41. The summed E-state index contributed by atoms with van der Waals surface area (Å²) in [6.45, 7) is 3.59. The van der Waals surface area contributed by atoms with E-state index in [9.17, 15) is 22.4 Å². The maximum absolute atomic E-state index is 13.8. The molecule has 1 saturated heterocycles. The Kier molecular flexibility index (Phi) is 8.24. The fourth-order valence-electron chi connectivity index (χ4n) is 4.48. The monoisotopic (exact) mass is 622 g/mol. The molecule has 1 aromatic heterocycles. The first kappa shape index (κ1) is 29.8. The minimum Gasteiger partial charge on any atom is -0.486 e. The van der Waals surface area contributed by atoms with Crippen molar-refractivity contribution in [1.29, 1.82) is 0 Å². The number of hydrogen-bond acceptors (Lipinski definition) is 6. The number of hydrogen-bond donors (Lipinski definition) is 1. The van der Waals surface area contributed by atoms with Crippen molar-refractivity contribution in [3.8, 4) is 0 Å². The molecule has 0 spiro atoms. The van der Waals surface area contributed by atoms with Crippen molar-refractivity contribution in [2.45, 2.75) is 37.8 Å². The van der Waals surface area contributed by atoms with Crippen molar-refractivity contribution in [1.82, 2.24) is 10.2 Å². The first-order chi connectivity index (χ1) is 20.4. The molecule has 2 heterocycles. The maximum atomic E-state index is 13.8. The van der Waals surface area contributed by atoms with Gasteiger partial charge in [0.25, 0.3) is 27.2 Å². The number of thiocarbonyl (C=S) groups is 1. The van der Waals surface area contributed by atoms with Crippen molar-refractivity contribution in [3.63, 3.8) is 0 Å². The van der Waals surface area contributed by atoms with E-state index in [4.69, 9.17) is 16.7 Å². The predicted molar refractivity (Wildman–Crippen MR) is 157 cm³/mol. The smallest absolute Gasteiger partial charge is 0.289 e. The summed E-state index contributed by atoms with van der Waals surface area (Å²) in [5.74, 6) is -1.42. The van der Waals surface area contributed by atoms with Crippen molar-refractivity contribution in [2.75, 3.05) is 10.2 Å². The summed E-state index contributed by atoms with van der Waals surface area (Å²) in [6.07, 6.45) is -0.304. The van der Waals surface area contributed by atoms with E-state index in [2.05, 4.69) is 15.0 Å². The van der Waals surface area contributed by atoms with E-state index in [1.165, 1.54) is 57.9 Å². The minimum atomic E-state index is -4.17. The summed E-state index contributed by atoms with van der Waals surface area (Å²) in [7, 11) is -2.63. The number of anilines is 2. The van der Waals surface area contributed by atoms with Crippen LogP contribution in [0.1, 0.15) is 23.2 Å². The molecular weight excluding hydrogens is 595 g/mol. The van der Waals surface area contributed by atoms with Crippen LogP contribution in [0.25, 0.3) is 0 Å². The fraction of sp³-hybridized carbons (Fsp3) is 0.207. The van der Waals surface area contributed by atoms with Crippen LogP contribution in [0.5, 0.6) is 0 Å². The molecule has 0 radical (unpaired) electrons. The second-order valence-electron chi connectivity index (χ2n) is 10.0. The Bertz CT molecular complexity index is 1870. The standard InChI is InChI=1S/C29H27FN6O5S2/c1-18-4-12-22(13-5-18)36-28(38)24(16-26(37)31-21-10-8-20(30)9-11-21)35(29(36)42)17-25-27(41-33-34(25)3)32-43(39,40)23-14-6-19(2)7-15-23/h4-15,24H,16-17H2,1-3H3,(H,31,37)/b32-27-. The Morgan fingerprint density at radius 1 is 1.05 bits per heavy atom. The van der Waals surface area contributed by atoms with Gasteiger partial charge < -0.3 is 14.7 Å². The van der Waals surface area contributed by atoms with Crippen LogP contribution in [0, 0.1) is 19.7 Å². The van der Waals surface area contributed by atoms with Gasteiger partial charge >= 0.3 is 0 Å². The molecule has 14 heteroatoms. The number of sulfonamides is 1. The Morgan fingerprint density at radius 2 is 1.65 bits per heavy atom. The molecule has 4 aromatic rings. The van der Waals surface area contributed by atoms with Gasteiger partial charge in [0, 0.05) is 5.69 Å². The van der Waals surface area contributed by atoms with Crippen LogP contribution < -0.4 is 25.7 Å². The van der Waals surface area contributed by atoms with E-state index in [0.717, 1.165) is 11.1 Å². The molecule has 0 aliphatic carbocycles. The molecular formula is C29H27FN6O5S2. The summed E-state index contributed by atoms with van der Waals surface area (Å²) < 4.78 is 49.9. The first-order valence-corrected chi connectivity index (χ1v) is 14.9. The summed E-state index contributed by atoms with van der Waals surface area (Å²) in [5.41, 5.74) is 2.64. The SMILES string of the molecule is Cc1ccc(N2C(=O)C(CC(=O)Nc3ccc(F)cc3)N(Cc3/c(=N/S(=O)(=O)c4ccc(C)cc4)o[n-][n+]3C)C2=S)cc1.